The topological polar surface area (TPSA) is 59.8 Å². The minimum atomic E-state index is -0.299. The van der Waals surface area contributed by atoms with Crippen LogP contribution in [0.15, 0.2) is 53.7 Å². The zero-order valence-corrected chi connectivity index (χ0v) is 20.2. The molecule has 1 unspecified atom stereocenters. The van der Waals surface area contributed by atoms with Gasteiger partial charge in [-0.25, -0.2) is 0 Å². The normalized spacial score (nSPS) is 12.6. The maximum atomic E-state index is 12.5. The van der Waals surface area contributed by atoms with Gasteiger partial charge in [-0.05, 0) is 42.5 Å². The minimum absolute atomic E-state index is 0.00384. The number of carbonyl (C=O) groups excluding carboxylic acids is 1. The summed E-state index contributed by atoms with van der Waals surface area (Å²) in [5.41, 5.74) is 3.09. The third-order valence-corrected chi connectivity index (χ3v) is 5.97. The predicted molar refractivity (Wildman–Crippen MR) is 128 cm³/mol. The number of thioether (sulfide) groups is 1. The lowest BCUT2D eigenvalue weighted by atomic mass is 9.92. The molecule has 0 spiro atoms. The van der Waals surface area contributed by atoms with E-state index < -0.39 is 0 Å². The highest BCUT2D eigenvalue weighted by molar-refractivity contribution is 7.98. The van der Waals surface area contributed by atoms with Crippen molar-refractivity contribution in [3.63, 3.8) is 0 Å². The van der Waals surface area contributed by atoms with Crippen molar-refractivity contribution in [3.05, 3.63) is 70.5 Å². The van der Waals surface area contributed by atoms with Gasteiger partial charge in [0.05, 0.1) is 11.7 Å². The average Bonchev–Trinajstić information content (AvgIpc) is 3.11. The van der Waals surface area contributed by atoms with Crippen molar-refractivity contribution in [2.24, 2.45) is 5.41 Å². The van der Waals surface area contributed by atoms with Crippen molar-refractivity contribution in [2.45, 2.75) is 58.0 Å². The van der Waals surface area contributed by atoms with E-state index in [0.717, 1.165) is 22.2 Å². The van der Waals surface area contributed by atoms with E-state index in [-0.39, 0.29) is 17.4 Å². The van der Waals surface area contributed by atoms with Crippen LogP contribution in [0.3, 0.4) is 0 Å². The van der Waals surface area contributed by atoms with E-state index in [1.54, 1.807) is 11.8 Å². The predicted octanol–water partition coefficient (Wildman–Crippen LogP) is 6.13. The van der Waals surface area contributed by atoms with E-state index in [9.17, 15) is 4.79 Å². The third-order valence-electron chi connectivity index (χ3n) is 4.74. The number of aryl methyl sites for hydroxylation is 1. The number of carbonyl (C=O) groups is 1. The molecule has 1 heterocycles. The highest BCUT2D eigenvalue weighted by Gasteiger charge is 2.24. The third kappa shape index (κ3) is 6.34. The van der Waals surface area contributed by atoms with Crippen LogP contribution in [0.25, 0.3) is 5.69 Å². The molecule has 0 radical (unpaired) electrons. The van der Waals surface area contributed by atoms with Gasteiger partial charge in [-0.1, -0.05) is 80.5 Å². The number of benzene rings is 2. The molecule has 2 aromatic carbocycles. The van der Waals surface area contributed by atoms with Crippen molar-refractivity contribution in [3.8, 4) is 5.69 Å². The molecule has 0 aliphatic heterocycles. The Bertz CT molecular complexity index is 1040. The lowest BCUT2D eigenvalue weighted by molar-refractivity contribution is -0.123. The maximum absolute atomic E-state index is 12.5. The molecule has 1 atom stereocenters. The van der Waals surface area contributed by atoms with E-state index >= 15 is 0 Å². The van der Waals surface area contributed by atoms with Gasteiger partial charge in [-0.3, -0.25) is 9.36 Å². The van der Waals surface area contributed by atoms with Crippen LogP contribution in [0.5, 0.6) is 0 Å². The fraction of sp³-hybridized carbons (Fsp3) is 0.375. The summed E-state index contributed by atoms with van der Waals surface area (Å²) in [5, 5.41) is 13.4. The molecule has 0 bridgehead atoms. The van der Waals surface area contributed by atoms with Crippen LogP contribution in [0.2, 0.25) is 5.02 Å². The van der Waals surface area contributed by atoms with E-state index in [2.05, 4.69) is 27.6 Å². The highest BCUT2D eigenvalue weighted by atomic mass is 35.5. The Kier molecular flexibility index (Phi) is 7.44. The summed E-state index contributed by atoms with van der Waals surface area (Å²) in [4.78, 5) is 12.5. The molecule has 0 saturated carbocycles. The Morgan fingerprint density at radius 3 is 2.55 bits per heavy atom. The van der Waals surface area contributed by atoms with Gasteiger partial charge >= 0.3 is 0 Å². The van der Waals surface area contributed by atoms with Crippen LogP contribution in [0, 0.1) is 12.3 Å². The summed E-state index contributed by atoms with van der Waals surface area (Å²) >= 11 is 7.93. The summed E-state index contributed by atoms with van der Waals surface area (Å²) in [7, 11) is 0. The van der Waals surface area contributed by atoms with Gasteiger partial charge in [-0.2, -0.15) is 0 Å². The molecule has 5 nitrogen and oxygen atoms in total. The molecule has 31 heavy (non-hydrogen) atoms. The number of halogens is 1. The Labute approximate surface area is 193 Å². The van der Waals surface area contributed by atoms with Gasteiger partial charge < -0.3 is 5.32 Å². The standard InChI is InChI=1S/C24H29ClN4OS/c1-16-11-12-19(25)13-20(16)29-22(17(2)26-21(30)14-24(3,4)5)27-28-23(29)31-15-18-9-7-6-8-10-18/h6-13,17H,14-15H2,1-5H3,(H,26,30). The van der Waals surface area contributed by atoms with Crippen molar-refractivity contribution < 1.29 is 4.79 Å². The Balaban J connectivity index is 1.94. The van der Waals surface area contributed by atoms with Gasteiger partial charge in [0.2, 0.25) is 5.91 Å². The average molecular weight is 457 g/mol. The fourth-order valence-corrected chi connectivity index (χ4v) is 4.34. The maximum Gasteiger partial charge on any atom is 0.221 e. The van der Waals surface area contributed by atoms with Crippen LogP contribution in [-0.4, -0.2) is 20.7 Å². The molecule has 1 aromatic heterocycles. The van der Waals surface area contributed by atoms with Gasteiger partial charge in [0.15, 0.2) is 11.0 Å². The lowest BCUT2D eigenvalue weighted by Crippen LogP contribution is -2.31. The number of rotatable bonds is 7. The molecule has 0 aliphatic rings. The summed E-state index contributed by atoms with van der Waals surface area (Å²) in [6.45, 7) is 10.1. The van der Waals surface area contributed by atoms with Gasteiger partial charge in [0.1, 0.15) is 0 Å². The van der Waals surface area contributed by atoms with Crippen molar-refractivity contribution in [1.82, 2.24) is 20.1 Å². The number of hydrogen-bond donors (Lipinski definition) is 1. The molecule has 0 saturated heterocycles. The summed E-state index contributed by atoms with van der Waals surface area (Å²) < 4.78 is 2.01. The molecular formula is C24H29ClN4OS. The molecule has 3 rings (SSSR count). The molecule has 164 valence electrons. The molecule has 0 fully saturated rings. The largest absolute Gasteiger partial charge is 0.346 e. The molecular weight excluding hydrogens is 428 g/mol. The minimum Gasteiger partial charge on any atom is -0.346 e. The zero-order chi connectivity index (χ0) is 22.6. The molecule has 1 amide bonds. The molecule has 7 heteroatoms. The first-order valence-electron chi connectivity index (χ1n) is 10.3. The first-order valence-corrected chi connectivity index (χ1v) is 11.7. The second-order valence-corrected chi connectivity index (χ2v) is 10.3. The lowest BCUT2D eigenvalue weighted by Gasteiger charge is -2.21. The smallest absolute Gasteiger partial charge is 0.221 e. The highest BCUT2D eigenvalue weighted by Crippen LogP contribution is 2.30. The van der Waals surface area contributed by atoms with Crippen LogP contribution < -0.4 is 5.32 Å². The molecule has 0 aliphatic carbocycles. The second kappa shape index (κ2) is 9.88. The zero-order valence-electron chi connectivity index (χ0n) is 18.6. The molecule has 1 N–H and O–H groups in total. The first-order chi connectivity index (χ1) is 14.6. The fourth-order valence-electron chi connectivity index (χ4n) is 3.27. The number of nitrogens with one attached hydrogen (secondary N) is 1. The van der Waals surface area contributed by atoms with Crippen LogP contribution in [-0.2, 0) is 10.5 Å². The summed E-state index contributed by atoms with van der Waals surface area (Å²) in [6, 6.07) is 15.7. The quantitative estimate of drug-likeness (QED) is 0.434. The van der Waals surface area contributed by atoms with Crippen LogP contribution in [0.4, 0.5) is 0 Å². The van der Waals surface area contributed by atoms with Crippen molar-refractivity contribution >= 4 is 29.3 Å². The summed E-state index contributed by atoms with van der Waals surface area (Å²) in [6.07, 6.45) is 0.442. The number of nitrogens with zero attached hydrogens (tertiary/aromatic N) is 3. The van der Waals surface area contributed by atoms with E-state index in [0.29, 0.717) is 17.3 Å². The monoisotopic (exact) mass is 456 g/mol. The second-order valence-electron chi connectivity index (χ2n) is 8.91. The van der Waals surface area contributed by atoms with E-state index in [4.69, 9.17) is 11.6 Å². The van der Waals surface area contributed by atoms with E-state index in [1.807, 2.05) is 75.6 Å². The van der Waals surface area contributed by atoms with Crippen LogP contribution in [0.1, 0.15) is 57.1 Å². The number of hydrogen-bond acceptors (Lipinski definition) is 4. The Morgan fingerprint density at radius 1 is 1.16 bits per heavy atom. The first kappa shape index (κ1) is 23.4. The Morgan fingerprint density at radius 2 is 1.87 bits per heavy atom. The number of amides is 1. The number of aromatic nitrogens is 3. The SMILES string of the molecule is Cc1ccc(Cl)cc1-n1c(SCc2ccccc2)nnc1C(C)NC(=O)CC(C)(C)C. The Hall–Kier alpha value is -2.31. The van der Waals surface area contributed by atoms with Crippen LogP contribution >= 0.6 is 23.4 Å². The van der Waals surface area contributed by atoms with Gasteiger partial charge in [0, 0.05) is 17.2 Å². The van der Waals surface area contributed by atoms with Gasteiger partial charge in [0.25, 0.3) is 0 Å². The van der Waals surface area contributed by atoms with Crippen molar-refractivity contribution in [2.75, 3.05) is 0 Å². The molecule has 3 aromatic rings. The summed E-state index contributed by atoms with van der Waals surface area (Å²) in [5.74, 6) is 1.45. The van der Waals surface area contributed by atoms with Crippen molar-refractivity contribution in [1.29, 1.82) is 0 Å². The van der Waals surface area contributed by atoms with Gasteiger partial charge in [-0.15, -0.1) is 10.2 Å². The van der Waals surface area contributed by atoms with E-state index in [1.165, 1.54) is 5.56 Å².